The zero-order valence-corrected chi connectivity index (χ0v) is 7.95. The Balaban J connectivity index is 2.52. The molecule has 0 amide bonds. The third kappa shape index (κ3) is 1.10. The van der Waals surface area contributed by atoms with Gasteiger partial charge in [0.15, 0.2) is 0 Å². The van der Waals surface area contributed by atoms with Crippen LogP contribution in [0.4, 0.5) is 0 Å². The van der Waals surface area contributed by atoms with Crippen molar-refractivity contribution in [2.75, 3.05) is 0 Å². The molecular formula is C8H13N2P. The van der Waals surface area contributed by atoms with E-state index in [0.29, 0.717) is 0 Å². The van der Waals surface area contributed by atoms with E-state index in [1.807, 2.05) is 11.7 Å². The van der Waals surface area contributed by atoms with Gasteiger partial charge >= 0.3 is 0 Å². The zero-order valence-electron chi connectivity index (χ0n) is 6.80. The molecule has 1 heterocycles. The molecule has 3 heteroatoms. The molecule has 2 nitrogen and oxygen atoms in total. The van der Waals surface area contributed by atoms with Crippen molar-refractivity contribution in [3.63, 3.8) is 0 Å². The molecule has 0 N–H and O–H groups in total. The minimum absolute atomic E-state index is 1.15. The number of aryl methyl sites for hydroxylation is 1. The maximum atomic E-state index is 4.37. The summed E-state index contributed by atoms with van der Waals surface area (Å²) in [6, 6.07) is 0. The molecule has 0 saturated carbocycles. The highest BCUT2D eigenvalue weighted by molar-refractivity contribution is 7.27. The van der Waals surface area contributed by atoms with E-state index in [9.17, 15) is 0 Å². The lowest BCUT2D eigenvalue weighted by Crippen LogP contribution is -2.07. The number of rotatable bonds is 0. The van der Waals surface area contributed by atoms with E-state index in [0.717, 1.165) is 5.44 Å². The highest BCUT2D eigenvalue weighted by Crippen LogP contribution is 2.19. The Bertz CT molecular complexity index is 251. The monoisotopic (exact) mass is 168 g/mol. The summed E-state index contributed by atoms with van der Waals surface area (Å²) in [6.07, 6.45) is 5.10. The van der Waals surface area contributed by atoms with Gasteiger partial charge in [-0.2, -0.15) is 5.10 Å². The first kappa shape index (κ1) is 7.30. The molecule has 1 aromatic rings. The molecule has 1 aliphatic carbocycles. The Labute approximate surface area is 69.2 Å². The molecule has 0 saturated heterocycles. The van der Waals surface area contributed by atoms with Crippen LogP contribution in [0.1, 0.15) is 24.1 Å². The molecule has 0 radical (unpaired) electrons. The van der Waals surface area contributed by atoms with E-state index in [1.165, 1.54) is 36.9 Å². The summed E-state index contributed by atoms with van der Waals surface area (Å²) in [5.41, 5.74) is 4.08. The fourth-order valence-corrected chi connectivity index (χ4v) is 2.29. The van der Waals surface area contributed by atoms with Crippen LogP contribution in [0.15, 0.2) is 0 Å². The summed E-state index contributed by atoms with van der Waals surface area (Å²) in [5, 5.41) is 4.37. The van der Waals surface area contributed by atoms with E-state index in [-0.39, 0.29) is 0 Å². The number of aromatic nitrogens is 2. The van der Waals surface area contributed by atoms with Crippen molar-refractivity contribution in [2.45, 2.75) is 25.7 Å². The average Bonchev–Trinajstić information content (AvgIpc) is 2.30. The van der Waals surface area contributed by atoms with Gasteiger partial charge in [0.1, 0.15) is 0 Å². The summed E-state index contributed by atoms with van der Waals surface area (Å²) in [7, 11) is 4.76. The summed E-state index contributed by atoms with van der Waals surface area (Å²) >= 11 is 0. The predicted molar refractivity (Wildman–Crippen MR) is 49.2 cm³/mol. The molecule has 0 fully saturated rings. The van der Waals surface area contributed by atoms with Crippen molar-refractivity contribution in [2.24, 2.45) is 7.05 Å². The smallest absolute Gasteiger partial charge is 0.0823 e. The van der Waals surface area contributed by atoms with Crippen LogP contribution in [0.2, 0.25) is 0 Å². The topological polar surface area (TPSA) is 17.8 Å². The van der Waals surface area contributed by atoms with Crippen molar-refractivity contribution in [3.8, 4) is 0 Å². The van der Waals surface area contributed by atoms with Crippen molar-refractivity contribution in [1.82, 2.24) is 9.78 Å². The Morgan fingerprint density at radius 2 is 2.09 bits per heavy atom. The number of hydrogen-bond donors (Lipinski definition) is 0. The first-order valence-corrected chi connectivity index (χ1v) is 4.67. The second kappa shape index (κ2) is 2.60. The van der Waals surface area contributed by atoms with Crippen LogP contribution in [0, 0.1) is 0 Å². The van der Waals surface area contributed by atoms with Gasteiger partial charge in [-0.05, 0) is 25.7 Å². The van der Waals surface area contributed by atoms with Crippen LogP contribution in [0.5, 0.6) is 0 Å². The number of fused-ring (bicyclic) bond motifs is 1. The molecule has 0 aromatic carbocycles. The largest absolute Gasteiger partial charge is 0.272 e. The molecule has 11 heavy (non-hydrogen) atoms. The first-order valence-electron chi connectivity index (χ1n) is 4.09. The fourth-order valence-electron chi connectivity index (χ4n) is 1.80. The van der Waals surface area contributed by atoms with Crippen molar-refractivity contribution >= 4 is 14.7 Å². The SMILES string of the molecule is Cn1nc(P)c2c1CCCC2. The van der Waals surface area contributed by atoms with E-state index < -0.39 is 0 Å². The summed E-state index contributed by atoms with van der Waals surface area (Å²) in [5.74, 6) is 0. The van der Waals surface area contributed by atoms with Gasteiger partial charge < -0.3 is 0 Å². The van der Waals surface area contributed by atoms with Gasteiger partial charge in [-0.15, -0.1) is 0 Å². The summed E-state index contributed by atoms with van der Waals surface area (Å²) < 4.78 is 2.02. The van der Waals surface area contributed by atoms with Gasteiger partial charge in [0.05, 0.1) is 5.44 Å². The van der Waals surface area contributed by atoms with Gasteiger partial charge in [-0.25, -0.2) is 0 Å². The Morgan fingerprint density at radius 1 is 1.36 bits per heavy atom. The van der Waals surface area contributed by atoms with Gasteiger partial charge in [-0.3, -0.25) is 4.68 Å². The van der Waals surface area contributed by atoms with E-state index in [2.05, 4.69) is 14.3 Å². The minimum atomic E-state index is 1.15. The average molecular weight is 168 g/mol. The highest BCUT2D eigenvalue weighted by atomic mass is 31.0. The number of nitrogens with zero attached hydrogens (tertiary/aromatic N) is 2. The molecule has 0 bridgehead atoms. The van der Waals surface area contributed by atoms with Gasteiger partial charge in [0.25, 0.3) is 0 Å². The zero-order chi connectivity index (χ0) is 7.84. The Kier molecular flexibility index (Phi) is 1.72. The van der Waals surface area contributed by atoms with Crippen LogP contribution in [-0.2, 0) is 19.9 Å². The van der Waals surface area contributed by atoms with Crippen LogP contribution in [0.3, 0.4) is 0 Å². The minimum Gasteiger partial charge on any atom is -0.272 e. The Morgan fingerprint density at radius 3 is 2.82 bits per heavy atom. The molecule has 0 spiro atoms. The molecule has 0 aliphatic heterocycles. The fraction of sp³-hybridized carbons (Fsp3) is 0.625. The summed E-state index contributed by atoms with van der Waals surface area (Å²) in [4.78, 5) is 0. The van der Waals surface area contributed by atoms with Crippen LogP contribution < -0.4 is 5.44 Å². The molecule has 2 rings (SSSR count). The molecule has 1 atom stereocenters. The molecule has 1 unspecified atom stereocenters. The van der Waals surface area contributed by atoms with Gasteiger partial charge in [0.2, 0.25) is 0 Å². The van der Waals surface area contributed by atoms with E-state index >= 15 is 0 Å². The summed E-state index contributed by atoms with van der Waals surface area (Å²) in [6.45, 7) is 0. The molecule has 60 valence electrons. The Hall–Kier alpha value is -0.360. The highest BCUT2D eigenvalue weighted by Gasteiger charge is 2.16. The maximum Gasteiger partial charge on any atom is 0.0823 e. The number of hydrogen-bond acceptors (Lipinski definition) is 1. The molecular weight excluding hydrogens is 155 g/mol. The van der Waals surface area contributed by atoms with Crippen LogP contribution in [0.25, 0.3) is 0 Å². The lowest BCUT2D eigenvalue weighted by molar-refractivity contribution is 0.626. The van der Waals surface area contributed by atoms with E-state index in [4.69, 9.17) is 0 Å². The normalized spacial score (nSPS) is 16.5. The lowest BCUT2D eigenvalue weighted by atomic mass is 9.98. The third-order valence-electron chi connectivity index (χ3n) is 2.40. The van der Waals surface area contributed by atoms with Gasteiger partial charge in [0, 0.05) is 18.3 Å². The van der Waals surface area contributed by atoms with Crippen LogP contribution in [-0.4, -0.2) is 9.78 Å². The quantitative estimate of drug-likeness (QED) is 0.524. The molecule has 1 aliphatic rings. The third-order valence-corrected chi connectivity index (χ3v) is 2.86. The first-order chi connectivity index (χ1) is 5.29. The second-order valence-corrected chi connectivity index (χ2v) is 3.69. The second-order valence-electron chi connectivity index (χ2n) is 3.14. The van der Waals surface area contributed by atoms with Crippen molar-refractivity contribution in [1.29, 1.82) is 0 Å². The van der Waals surface area contributed by atoms with Crippen molar-refractivity contribution < 1.29 is 0 Å². The van der Waals surface area contributed by atoms with Crippen molar-refractivity contribution in [3.05, 3.63) is 11.3 Å². The standard InChI is InChI=1S/C8H13N2P/c1-10-7-5-3-2-4-6(7)8(11)9-10/h2-5,11H2,1H3. The van der Waals surface area contributed by atoms with Crippen LogP contribution >= 0.6 is 9.24 Å². The van der Waals surface area contributed by atoms with E-state index in [1.54, 1.807) is 0 Å². The molecule has 1 aromatic heterocycles. The predicted octanol–water partition coefficient (Wildman–Crippen LogP) is 0.799. The lowest BCUT2D eigenvalue weighted by Gasteiger charge is -2.11. The van der Waals surface area contributed by atoms with Gasteiger partial charge in [-0.1, -0.05) is 9.24 Å². The maximum absolute atomic E-state index is 4.37.